The Labute approximate surface area is 112 Å². The van der Waals surface area contributed by atoms with E-state index in [2.05, 4.69) is 18.7 Å². The predicted molar refractivity (Wildman–Crippen MR) is 74.4 cm³/mol. The molecule has 3 rings (SSSR count). The van der Waals surface area contributed by atoms with Crippen LogP contribution < -0.4 is 0 Å². The van der Waals surface area contributed by atoms with Gasteiger partial charge >= 0.3 is 0 Å². The molecule has 0 aromatic carbocycles. The summed E-state index contributed by atoms with van der Waals surface area (Å²) in [6, 6.07) is 0.856. The van der Waals surface area contributed by atoms with E-state index >= 15 is 0 Å². The molecule has 1 heterocycles. The number of rotatable bonds is 2. The van der Waals surface area contributed by atoms with Crippen molar-refractivity contribution in [3.8, 4) is 0 Å². The van der Waals surface area contributed by atoms with E-state index < -0.39 is 0 Å². The molecule has 1 aliphatic heterocycles. The molecule has 1 saturated heterocycles. The molecule has 2 saturated carbocycles. The predicted octanol–water partition coefficient (Wildman–Crippen LogP) is 3.05. The molecule has 0 radical (unpaired) electrons. The van der Waals surface area contributed by atoms with Crippen LogP contribution in [-0.2, 0) is 0 Å². The van der Waals surface area contributed by atoms with Crippen LogP contribution in [0, 0.1) is 17.3 Å². The first-order chi connectivity index (χ1) is 8.58. The van der Waals surface area contributed by atoms with Crippen molar-refractivity contribution in [3.05, 3.63) is 0 Å². The average molecular weight is 251 g/mol. The van der Waals surface area contributed by atoms with Crippen molar-refractivity contribution in [2.75, 3.05) is 13.1 Å². The minimum absolute atomic E-state index is 0.0840. The fourth-order valence-electron chi connectivity index (χ4n) is 4.78. The van der Waals surface area contributed by atoms with Crippen molar-refractivity contribution in [2.24, 2.45) is 17.3 Å². The Balaban J connectivity index is 1.62. The van der Waals surface area contributed by atoms with Crippen LogP contribution in [0.3, 0.4) is 0 Å². The largest absolute Gasteiger partial charge is 0.392 e. The molecule has 2 heteroatoms. The summed E-state index contributed by atoms with van der Waals surface area (Å²) in [6.07, 6.45) is 9.48. The highest BCUT2D eigenvalue weighted by Gasteiger charge is 2.43. The van der Waals surface area contributed by atoms with E-state index in [4.69, 9.17) is 0 Å². The maximum atomic E-state index is 10.5. The topological polar surface area (TPSA) is 23.5 Å². The van der Waals surface area contributed by atoms with Gasteiger partial charge in [0.15, 0.2) is 0 Å². The van der Waals surface area contributed by atoms with Gasteiger partial charge in [-0.15, -0.1) is 0 Å². The van der Waals surface area contributed by atoms with Crippen LogP contribution in [-0.4, -0.2) is 35.2 Å². The van der Waals surface area contributed by atoms with Crippen LogP contribution in [0.5, 0.6) is 0 Å². The monoisotopic (exact) mass is 251 g/mol. The van der Waals surface area contributed by atoms with Gasteiger partial charge in [-0.1, -0.05) is 20.3 Å². The molecule has 0 aromatic rings. The lowest BCUT2D eigenvalue weighted by Crippen LogP contribution is -2.46. The van der Waals surface area contributed by atoms with Gasteiger partial charge in [0.1, 0.15) is 0 Å². The summed E-state index contributed by atoms with van der Waals surface area (Å²) >= 11 is 0. The Morgan fingerprint density at radius 2 is 1.89 bits per heavy atom. The number of aliphatic hydroxyl groups is 1. The molecule has 4 atom stereocenters. The van der Waals surface area contributed by atoms with Gasteiger partial charge in [-0.25, -0.2) is 0 Å². The summed E-state index contributed by atoms with van der Waals surface area (Å²) in [5, 5.41) is 10.5. The minimum atomic E-state index is -0.0840. The van der Waals surface area contributed by atoms with Gasteiger partial charge in [0.25, 0.3) is 0 Å². The molecular formula is C16H29NO. The second kappa shape index (κ2) is 4.79. The zero-order valence-corrected chi connectivity index (χ0v) is 12.1. The van der Waals surface area contributed by atoms with Crippen molar-refractivity contribution in [1.82, 2.24) is 4.90 Å². The molecule has 4 unspecified atom stereocenters. The molecule has 3 fully saturated rings. The summed E-state index contributed by atoms with van der Waals surface area (Å²) in [4.78, 5) is 2.73. The lowest BCUT2D eigenvalue weighted by Gasteiger charge is -2.40. The summed E-state index contributed by atoms with van der Waals surface area (Å²) in [7, 11) is 0. The van der Waals surface area contributed by atoms with Crippen molar-refractivity contribution in [1.29, 1.82) is 0 Å². The van der Waals surface area contributed by atoms with E-state index in [1.165, 1.54) is 51.5 Å². The van der Waals surface area contributed by atoms with Crippen LogP contribution in [0.1, 0.15) is 58.8 Å². The van der Waals surface area contributed by atoms with Gasteiger partial charge in [0, 0.05) is 12.6 Å². The number of fused-ring (bicyclic) bond motifs is 1. The van der Waals surface area contributed by atoms with Gasteiger partial charge in [-0.2, -0.15) is 0 Å². The summed E-state index contributed by atoms with van der Waals surface area (Å²) < 4.78 is 0. The molecule has 0 spiro atoms. The van der Waals surface area contributed by atoms with Crippen molar-refractivity contribution < 1.29 is 5.11 Å². The van der Waals surface area contributed by atoms with Crippen molar-refractivity contribution >= 4 is 0 Å². The Morgan fingerprint density at radius 1 is 1.11 bits per heavy atom. The zero-order valence-electron chi connectivity index (χ0n) is 12.1. The SMILES string of the molecule is CC1(C)CCC(CN2CCCC3CCCC32)C1O. The fourth-order valence-corrected chi connectivity index (χ4v) is 4.78. The van der Waals surface area contributed by atoms with Crippen molar-refractivity contribution in [2.45, 2.75) is 70.9 Å². The fraction of sp³-hybridized carbons (Fsp3) is 1.00. The van der Waals surface area contributed by atoms with Gasteiger partial charge in [0.2, 0.25) is 0 Å². The first kappa shape index (κ1) is 12.9. The normalized spacial score (nSPS) is 44.2. The summed E-state index contributed by atoms with van der Waals surface area (Å²) in [6.45, 7) is 6.90. The van der Waals surface area contributed by atoms with E-state index in [9.17, 15) is 5.11 Å². The maximum absolute atomic E-state index is 10.5. The summed E-state index contributed by atoms with van der Waals surface area (Å²) in [5.74, 6) is 1.50. The number of piperidine rings is 1. The Hall–Kier alpha value is -0.0800. The van der Waals surface area contributed by atoms with E-state index in [1.54, 1.807) is 0 Å². The second-order valence-electron chi connectivity index (χ2n) is 7.63. The molecule has 0 aromatic heterocycles. The Morgan fingerprint density at radius 3 is 2.61 bits per heavy atom. The van der Waals surface area contributed by atoms with Gasteiger partial charge in [0.05, 0.1) is 6.10 Å². The van der Waals surface area contributed by atoms with E-state index in [0.717, 1.165) is 18.5 Å². The quantitative estimate of drug-likeness (QED) is 0.815. The van der Waals surface area contributed by atoms with E-state index in [0.29, 0.717) is 5.92 Å². The molecular weight excluding hydrogens is 222 g/mol. The Bertz CT molecular complexity index is 301. The van der Waals surface area contributed by atoms with Crippen LogP contribution in [0.4, 0.5) is 0 Å². The number of hydrogen-bond acceptors (Lipinski definition) is 2. The highest BCUT2D eigenvalue weighted by Crippen LogP contribution is 2.43. The number of aliphatic hydroxyl groups excluding tert-OH is 1. The highest BCUT2D eigenvalue weighted by atomic mass is 16.3. The minimum Gasteiger partial charge on any atom is -0.392 e. The van der Waals surface area contributed by atoms with Gasteiger partial charge in [-0.05, 0) is 62.3 Å². The standard InChI is InChI=1S/C16H29NO/c1-16(2)9-8-13(15(16)18)11-17-10-4-6-12-5-3-7-14(12)17/h12-15,18H,3-11H2,1-2H3. The van der Waals surface area contributed by atoms with E-state index in [-0.39, 0.29) is 11.5 Å². The van der Waals surface area contributed by atoms with Crippen LogP contribution in [0.25, 0.3) is 0 Å². The number of likely N-dealkylation sites (tertiary alicyclic amines) is 1. The molecule has 18 heavy (non-hydrogen) atoms. The molecule has 0 amide bonds. The highest BCUT2D eigenvalue weighted by molar-refractivity contribution is 4.95. The Kier molecular flexibility index (Phi) is 3.44. The molecule has 3 aliphatic rings. The first-order valence-electron chi connectivity index (χ1n) is 8.00. The lowest BCUT2D eigenvalue weighted by atomic mass is 9.86. The molecule has 0 bridgehead atoms. The molecule has 1 N–H and O–H groups in total. The first-order valence-corrected chi connectivity index (χ1v) is 8.00. The maximum Gasteiger partial charge on any atom is 0.0631 e. The lowest BCUT2D eigenvalue weighted by molar-refractivity contribution is 0.0152. The van der Waals surface area contributed by atoms with Gasteiger partial charge in [-0.3, -0.25) is 4.90 Å². The van der Waals surface area contributed by atoms with Crippen LogP contribution in [0.15, 0.2) is 0 Å². The van der Waals surface area contributed by atoms with Crippen LogP contribution in [0.2, 0.25) is 0 Å². The molecule has 2 aliphatic carbocycles. The number of hydrogen-bond donors (Lipinski definition) is 1. The third-order valence-electron chi connectivity index (χ3n) is 5.98. The van der Waals surface area contributed by atoms with Crippen molar-refractivity contribution in [3.63, 3.8) is 0 Å². The molecule has 2 nitrogen and oxygen atoms in total. The molecule has 104 valence electrons. The smallest absolute Gasteiger partial charge is 0.0631 e. The average Bonchev–Trinajstić information content (AvgIpc) is 2.90. The second-order valence-corrected chi connectivity index (χ2v) is 7.63. The third kappa shape index (κ3) is 2.22. The number of nitrogens with zero attached hydrogens (tertiary/aromatic N) is 1. The van der Waals surface area contributed by atoms with E-state index in [1.807, 2.05) is 0 Å². The van der Waals surface area contributed by atoms with Crippen LogP contribution >= 0.6 is 0 Å². The third-order valence-corrected chi connectivity index (χ3v) is 5.98. The van der Waals surface area contributed by atoms with Gasteiger partial charge < -0.3 is 5.11 Å². The summed E-state index contributed by atoms with van der Waals surface area (Å²) in [5.41, 5.74) is 0.148. The zero-order chi connectivity index (χ0) is 12.8.